The molecular formula is C16H23ClN3O3+. The largest absolute Gasteiger partial charge is 0.450 e. The van der Waals surface area contributed by atoms with Crippen LogP contribution in [-0.4, -0.2) is 55.7 Å². The molecular weight excluding hydrogens is 318 g/mol. The van der Waals surface area contributed by atoms with Gasteiger partial charge in [-0.25, -0.2) is 4.79 Å². The number of piperazine rings is 1. The molecule has 1 aliphatic rings. The first kappa shape index (κ1) is 17.6. The number of carbonyl (C=O) groups excluding carboxylic acids is 2. The van der Waals surface area contributed by atoms with Crippen molar-refractivity contribution >= 4 is 29.3 Å². The molecule has 2 N–H and O–H groups in total. The number of nitrogens with one attached hydrogen (secondary N) is 2. The molecule has 1 aliphatic heterocycles. The molecule has 6 nitrogen and oxygen atoms in total. The zero-order chi connectivity index (χ0) is 16.8. The molecule has 1 atom stereocenters. The molecule has 1 fully saturated rings. The first-order valence-corrected chi connectivity index (χ1v) is 8.21. The number of rotatable bonds is 4. The number of quaternary nitrogens is 1. The lowest BCUT2D eigenvalue weighted by Gasteiger charge is -2.34. The Balaban J connectivity index is 1.84. The first-order chi connectivity index (χ1) is 11.0. The van der Waals surface area contributed by atoms with Gasteiger partial charge in [0.25, 0.3) is 5.91 Å². The number of hydrogen-bond acceptors (Lipinski definition) is 3. The predicted molar refractivity (Wildman–Crippen MR) is 88.8 cm³/mol. The molecule has 0 spiro atoms. The minimum absolute atomic E-state index is 0.0353. The van der Waals surface area contributed by atoms with Gasteiger partial charge in [0.15, 0.2) is 6.04 Å². The van der Waals surface area contributed by atoms with E-state index in [9.17, 15) is 9.59 Å². The van der Waals surface area contributed by atoms with Crippen molar-refractivity contribution in [3.8, 4) is 0 Å². The Morgan fingerprint density at radius 3 is 2.48 bits per heavy atom. The molecule has 2 rings (SSSR count). The Morgan fingerprint density at radius 2 is 1.91 bits per heavy atom. The van der Waals surface area contributed by atoms with Gasteiger partial charge in [0.05, 0.1) is 32.8 Å². The molecule has 0 radical (unpaired) electrons. The van der Waals surface area contributed by atoms with Crippen LogP contribution in [0.4, 0.5) is 10.5 Å². The van der Waals surface area contributed by atoms with Gasteiger partial charge in [-0.05, 0) is 38.1 Å². The van der Waals surface area contributed by atoms with Gasteiger partial charge in [0, 0.05) is 10.7 Å². The molecule has 0 aromatic heterocycles. The van der Waals surface area contributed by atoms with E-state index in [2.05, 4.69) is 5.32 Å². The lowest BCUT2D eigenvalue weighted by atomic mass is 10.2. The van der Waals surface area contributed by atoms with Crippen LogP contribution in [0.25, 0.3) is 0 Å². The number of hydrogen-bond donors (Lipinski definition) is 2. The number of benzene rings is 1. The maximum absolute atomic E-state index is 12.3. The van der Waals surface area contributed by atoms with Crippen molar-refractivity contribution in [3.05, 3.63) is 29.3 Å². The van der Waals surface area contributed by atoms with Crippen LogP contribution in [0.3, 0.4) is 0 Å². The molecule has 0 bridgehead atoms. The third kappa shape index (κ3) is 4.84. The van der Waals surface area contributed by atoms with Crippen molar-refractivity contribution < 1.29 is 19.2 Å². The van der Waals surface area contributed by atoms with E-state index < -0.39 is 0 Å². The van der Waals surface area contributed by atoms with E-state index >= 15 is 0 Å². The molecule has 1 heterocycles. The second kappa shape index (κ2) is 8.17. The SMILES string of the molecule is CCOC(=O)N1CC[NH+]([C@@H](C)C(=O)Nc2ccc(Cl)cc2)CC1. The summed E-state index contributed by atoms with van der Waals surface area (Å²) in [6.07, 6.45) is -0.273. The molecule has 1 aromatic rings. The van der Waals surface area contributed by atoms with E-state index in [4.69, 9.17) is 16.3 Å². The van der Waals surface area contributed by atoms with Gasteiger partial charge >= 0.3 is 6.09 Å². The number of carbonyl (C=O) groups is 2. The fourth-order valence-corrected chi connectivity index (χ4v) is 2.72. The van der Waals surface area contributed by atoms with Gasteiger partial charge in [0.2, 0.25) is 0 Å². The third-order valence-corrected chi connectivity index (χ3v) is 4.30. The minimum Gasteiger partial charge on any atom is -0.450 e. The highest BCUT2D eigenvalue weighted by Crippen LogP contribution is 2.13. The van der Waals surface area contributed by atoms with Crippen molar-refractivity contribution in [3.63, 3.8) is 0 Å². The Kier molecular flexibility index (Phi) is 6.24. The molecule has 0 saturated carbocycles. The van der Waals surface area contributed by atoms with E-state index in [1.165, 1.54) is 0 Å². The zero-order valence-electron chi connectivity index (χ0n) is 13.5. The van der Waals surface area contributed by atoms with Gasteiger partial charge in [-0.2, -0.15) is 0 Å². The van der Waals surface area contributed by atoms with Crippen LogP contribution in [0.2, 0.25) is 5.02 Å². The summed E-state index contributed by atoms with van der Waals surface area (Å²) in [5, 5.41) is 3.53. The molecule has 1 saturated heterocycles. The smallest absolute Gasteiger partial charge is 0.410 e. The van der Waals surface area contributed by atoms with Crippen LogP contribution in [0.15, 0.2) is 24.3 Å². The summed E-state index contributed by atoms with van der Waals surface area (Å²) in [5.41, 5.74) is 0.732. The summed E-state index contributed by atoms with van der Waals surface area (Å²) >= 11 is 5.83. The van der Waals surface area contributed by atoms with Crippen LogP contribution in [0, 0.1) is 0 Å². The summed E-state index contributed by atoms with van der Waals surface area (Å²) in [4.78, 5) is 26.9. The number of amides is 2. The Bertz CT molecular complexity index is 542. The van der Waals surface area contributed by atoms with Crippen LogP contribution in [0.1, 0.15) is 13.8 Å². The van der Waals surface area contributed by atoms with Crippen molar-refractivity contribution in [1.82, 2.24) is 4.90 Å². The van der Waals surface area contributed by atoms with E-state index in [0.717, 1.165) is 23.7 Å². The van der Waals surface area contributed by atoms with Crippen LogP contribution < -0.4 is 10.2 Å². The van der Waals surface area contributed by atoms with Crippen LogP contribution in [0.5, 0.6) is 0 Å². The molecule has 1 aromatic carbocycles. The molecule has 0 unspecified atom stereocenters. The van der Waals surface area contributed by atoms with Crippen molar-refractivity contribution in [2.24, 2.45) is 0 Å². The highest BCUT2D eigenvalue weighted by atomic mass is 35.5. The Morgan fingerprint density at radius 1 is 1.30 bits per heavy atom. The molecule has 23 heavy (non-hydrogen) atoms. The molecule has 126 valence electrons. The summed E-state index contributed by atoms with van der Waals surface area (Å²) in [6.45, 7) is 6.75. The van der Waals surface area contributed by atoms with Gasteiger partial charge in [0.1, 0.15) is 0 Å². The third-order valence-electron chi connectivity index (χ3n) is 4.05. The number of halogens is 1. The second-order valence-electron chi connectivity index (χ2n) is 5.56. The van der Waals surface area contributed by atoms with Gasteiger partial charge in [-0.3, -0.25) is 9.69 Å². The average Bonchev–Trinajstić information content (AvgIpc) is 2.56. The first-order valence-electron chi connectivity index (χ1n) is 7.84. The van der Waals surface area contributed by atoms with Crippen molar-refractivity contribution in [2.45, 2.75) is 19.9 Å². The van der Waals surface area contributed by atoms with Gasteiger partial charge < -0.3 is 15.0 Å². The van der Waals surface area contributed by atoms with E-state index in [1.807, 2.05) is 6.92 Å². The lowest BCUT2D eigenvalue weighted by molar-refractivity contribution is -0.917. The predicted octanol–water partition coefficient (Wildman–Crippen LogP) is 1.02. The fourth-order valence-electron chi connectivity index (χ4n) is 2.59. The quantitative estimate of drug-likeness (QED) is 0.860. The average molecular weight is 341 g/mol. The van der Waals surface area contributed by atoms with Gasteiger partial charge in [-0.1, -0.05) is 11.6 Å². The summed E-state index contributed by atoms with van der Waals surface area (Å²) in [6, 6.07) is 6.86. The fraction of sp³-hybridized carbons (Fsp3) is 0.500. The molecule has 0 aliphatic carbocycles. The normalized spacial score (nSPS) is 16.7. The monoisotopic (exact) mass is 340 g/mol. The Hall–Kier alpha value is -1.79. The number of nitrogens with zero attached hydrogens (tertiary/aromatic N) is 1. The summed E-state index contributed by atoms with van der Waals surface area (Å²) in [7, 11) is 0. The van der Waals surface area contributed by atoms with Crippen molar-refractivity contribution in [1.29, 1.82) is 0 Å². The number of ether oxygens (including phenoxy) is 1. The Labute approximate surface area is 141 Å². The highest BCUT2D eigenvalue weighted by Gasteiger charge is 2.31. The summed E-state index contributed by atoms with van der Waals surface area (Å²) < 4.78 is 5.00. The topological polar surface area (TPSA) is 63.1 Å². The maximum atomic E-state index is 12.3. The zero-order valence-corrected chi connectivity index (χ0v) is 14.2. The van der Waals surface area contributed by atoms with E-state index in [1.54, 1.807) is 36.1 Å². The van der Waals surface area contributed by atoms with Crippen molar-refractivity contribution in [2.75, 3.05) is 38.1 Å². The highest BCUT2D eigenvalue weighted by molar-refractivity contribution is 6.30. The molecule has 2 amide bonds. The van der Waals surface area contributed by atoms with E-state index in [0.29, 0.717) is 24.7 Å². The minimum atomic E-state index is -0.273. The van der Waals surface area contributed by atoms with Gasteiger partial charge in [-0.15, -0.1) is 0 Å². The lowest BCUT2D eigenvalue weighted by Crippen LogP contribution is -3.19. The maximum Gasteiger partial charge on any atom is 0.410 e. The summed E-state index contributed by atoms with van der Waals surface area (Å²) in [5.74, 6) is -0.0353. The standard InChI is InChI=1S/C16H22ClN3O3/c1-3-23-16(22)20-10-8-19(9-11-20)12(2)15(21)18-14-6-4-13(17)5-7-14/h4-7,12H,3,8-11H2,1-2H3,(H,18,21)/p+1/t12-/m0/s1. The number of anilines is 1. The second-order valence-corrected chi connectivity index (χ2v) is 6.00. The molecule has 7 heteroatoms. The van der Waals surface area contributed by atoms with E-state index in [-0.39, 0.29) is 18.0 Å². The van der Waals surface area contributed by atoms with Crippen LogP contribution in [-0.2, 0) is 9.53 Å². The van der Waals surface area contributed by atoms with Crippen LogP contribution >= 0.6 is 11.6 Å².